The third kappa shape index (κ3) is 4.32. The van der Waals surface area contributed by atoms with E-state index in [0.29, 0.717) is 5.69 Å². The van der Waals surface area contributed by atoms with Gasteiger partial charge in [0.2, 0.25) is 0 Å². The van der Waals surface area contributed by atoms with Gasteiger partial charge in [-0.1, -0.05) is 30.3 Å². The van der Waals surface area contributed by atoms with Gasteiger partial charge in [0, 0.05) is 18.3 Å². The lowest BCUT2D eigenvalue weighted by molar-refractivity contribution is -0.138. The number of hydrogen-bond donors (Lipinski definition) is 4. The van der Waals surface area contributed by atoms with Crippen molar-refractivity contribution in [3.8, 4) is 0 Å². The first-order valence-electron chi connectivity index (χ1n) is 6.76. The van der Waals surface area contributed by atoms with Crippen molar-refractivity contribution in [1.29, 1.82) is 0 Å². The lowest BCUT2D eigenvalue weighted by Gasteiger charge is -2.01. The van der Waals surface area contributed by atoms with E-state index in [-0.39, 0.29) is 6.42 Å². The number of fused-ring (bicyclic) bond motifs is 1. The second-order valence-corrected chi connectivity index (χ2v) is 4.82. The fourth-order valence-corrected chi connectivity index (χ4v) is 1.92. The fourth-order valence-electron chi connectivity index (χ4n) is 1.92. The molecular formula is C16H18N4O2. The zero-order valence-corrected chi connectivity index (χ0v) is 11.9. The SMILES string of the molecule is NC(Cc1c[nH]cn1)C(=O)O.Nc1ccc2ccccc2c1. The third-order valence-electron chi connectivity index (χ3n) is 3.07. The number of anilines is 1. The van der Waals surface area contributed by atoms with Gasteiger partial charge in [-0.25, -0.2) is 4.98 Å². The Kier molecular flexibility index (Phi) is 5.11. The highest BCUT2D eigenvalue weighted by Gasteiger charge is 2.12. The number of aliphatic carboxylic acids is 1. The number of hydrogen-bond acceptors (Lipinski definition) is 4. The molecule has 0 aliphatic carbocycles. The van der Waals surface area contributed by atoms with Crippen molar-refractivity contribution in [1.82, 2.24) is 9.97 Å². The van der Waals surface area contributed by atoms with E-state index in [9.17, 15) is 4.79 Å². The molecule has 6 heteroatoms. The number of carboxylic acid groups (broad SMARTS) is 1. The molecule has 0 aliphatic heterocycles. The highest BCUT2D eigenvalue weighted by Crippen LogP contribution is 2.15. The Morgan fingerprint density at radius 2 is 1.95 bits per heavy atom. The average Bonchev–Trinajstić information content (AvgIpc) is 3.00. The summed E-state index contributed by atoms with van der Waals surface area (Å²) in [5, 5.41) is 10.9. The number of nitrogens with two attached hydrogens (primary N) is 2. The number of nitrogen functional groups attached to an aromatic ring is 1. The van der Waals surface area contributed by atoms with Crippen LogP contribution in [0.15, 0.2) is 55.0 Å². The molecule has 22 heavy (non-hydrogen) atoms. The van der Waals surface area contributed by atoms with Crippen molar-refractivity contribution < 1.29 is 9.90 Å². The zero-order chi connectivity index (χ0) is 15.9. The molecule has 3 aromatic rings. The Hall–Kier alpha value is -2.86. The molecule has 0 radical (unpaired) electrons. The van der Waals surface area contributed by atoms with Gasteiger partial charge in [-0.15, -0.1) is 0 Å². The Morgan fingerprint density at radius 3 is 2.59 bits per heavy atom. The fraction of sp³-hybridized carbons (Fsp3) is 0.125. The second-order valence-electron chi connectivity index (χ2n) is 4.82. The topological polar surface area (TPSA) is 118 Å². The summed E-state index contributed by atoms with van der Waals surface area (Å²) in [6.07, 6.45) is 3.38. The molecule has 0 saturated carbocycles. The van der Waals surface area contributed by atoms with Gasteiger partial charge < -0.3 is 21.6 Å². The first-order chi connectivity index (χ1) is 10.6. The largest absolute Gasteiger partial charge is 0.480 e. The Balaban J connectivity index is 0.000000160. The van der Waals surface area contributed by atoms with Crippen LogP contribution in [0.2, 0.25) is 0 Å². The minimum Gasteiger partial charge on any atom is -0.480 e. The molecule has 3 rings (SSSR count). The van der Waals surface area contributed by atoms with Crippen molar-refractivity contribution in [2.24, 2.45) is 5.73 Å². The van der Waals surface area contributed by atoms with Crippen LogP contribution in [-0.2, 0) is 11.2 Å². The van der Waals surface area contributed by atoms with E-state index >= 15 is 0 Å². The summed E-state index contributed by atoms with van der Waals surface area (Å²) in [5.41, 5.74) is 12.4. The van der Waals surface area contributed by atoms with Crippen molar-refractivity contribution in [3.05, 3.63) is 60.7 Å². The van der Waals surface area contributed by atoms with E-state index in [4.69, 9.17) is 16.6 Å². The normalized spacial score (nSPS) is 11.5. The number of imidazole rings is 1. The summed E-state index contributed by atoms with van der Waals surface area (Å²) in [5.74, 6) is -1.01. The Morgan fingerprint density at radius 1 is 1.23 bits per heavy atom. The molecule has 0 aliphatic rings. The van der Waals surface area contributed by atoms with E-state index in [2.05, 4.69) is 22.1 Å². The molecule has 114 valence electrons. The van der Waals surface area contributed by atoms with E-state index in [1.165, 1.54) is 17.1 Å². The second kappa shape index (κ2) is 7.24. The zero-order valence-electron chi connectivity index (χ0n) is 11.9. The number of aromatic nitrogens is 2. The maximum Gasteiger partial charge on any atom is 0.320 e. The van der Waals surface area contributed by atoms with Crippen LogP contribution in [-0.4, -0.2) is 27.1 Å². The first kappa shape index (κ1) is 15.5. The van der Waals surface area contributed by atoms with Crippen LogP contribution in [0, 0.1) is 0 Å². The molecule has 1 aromatic heterocycles. The average molecular weight is 298 g/mol. The molecule has 0 saturated heterocycles. The van der Waals surface area contributed by atoms with Crippen molar-refractivity contribution in [3.63, 3.8) is 0 Å². The van der Waals surface area contributed by atoms with Gasteiger partial charge in [-0.2, -0.15) is 0 Å². The maximum absolute atomic E-state index is 10.3. The minimum atomic E-state index is -1.01. The van der Waals surface area contributed by atoms with E-state index in [1.807, 2.05) is 30.3 Å². The standard InChI is InChI=1S/C10H9N.C6H9N3O2/c11-10-6-5-8-3-1-2-4-9(8)7-10;7-5(6(10)11)1-4-2-8-3-9-4/h1-7H,11H2;2-3,5H,1,7H2,(H,8,9)(H,10,11). The molecule has 6 nitrogen and oxygen atoms in total. The molecule has 0 bridgehead atoms. The summed E-state index contributed by atoms with van der Waals surface area (Å²) in [4.78, 5) is 16.8. The van der Waals surface area contributed by atoms with Gasteiger partial charge in [-0.3, -0.25) is 4.79 Å². The summed E-state index contributed by atoms with van der Waals surface area (Å²) >= 11 is 0. The molecule has 1 unspecified atom stereocenters. The lowest BCUT2D eigenvalue weighted by atomic mass is 10.1. The Bertz CT molecular complexity index is 741. The van der Waals surface area contributed by atoms with E-state index in [1.54, 1.807) is 6.20 Å². The Labute approximate surface area is 127 Å². The van der Waals surface area contributed by atoms with E-state index in [0.717, 1.165) is 5.69 Å². The maximum atomic E-state index is 10.3. The minimum absolute atomic E-state index is 0.263. The van der Waals surface area contributed by atoms with Crippen LogP contribution in [0.4, 0.5) is 5.69 Å². The molecular weight excluding hydrogens is 280 g/mol. The van der Waals surface area contributed by atoms with Crippen molar-refractivity contribution in [2.75, 3.05) is 5.73 Å². The molecule has 0 amide bonds. The highest BCUT2D eigenvalue weighted by molar-refractivity contribution is 5.85. The molecule has 2 aromatic carbocycles. The predicted octanol–water partition coefficient (Wildman–Crippen LogP) is 1.79. The quantitative estimate of drug-likeness (QED) is 0.550. The van der Waals surface area contributed by atoms with Crippen LogP contribution in [0.5, 0.6) is 0 Å². The van der Waals surface area contributed by atoms with Crippen LogP contribution in [0.25, 0.3) is 10.8 Å². The number of rotatable bonds is 3. The molecule has 6 N–H and O–H groups in total. The van der Waals surface area contributed by atoms with Gasteiger partial charge >= 0.3 is 5.97 Å². The van der Waals surface area contributed by atoms with Gasteiger partial charge in [-0.05, 0) is 22.9 Å². The van der Waals surface area contributed by atoms with Crippen LogP contribution < -0.4 is 11.5 Å². The van der Waals surface area contributed by atoms with Gasteiger partial charge in [0.25, 0.3) is 0 Å². The first-order valence-corrected chi connectivity index (χ1v) is 6.76. The van der Waals surface area contributed by atoms with Gasteiger partial charge in [0.15, 0.2) is 0 Å². The smallest absolute Gasteiger partial charge is 0.320 e. The summed E-state index contributed by atoms with van der Waals surface area (Å²) < 4.78 is 0. The van der Waals surface area contributed by atoms with Gasteiger partial charge in [0.1, 0.15) is 6.04 Å². The number of carbonyl (C=O) groups is 1. The number of benzene rings is 2. The monoisotopic (exact) mass is 298 g/mol. The number of H-pyrrole nitrogens is 1. The lowest BCUT2D eigenvalue weighted by Crippen LogP contribution is -2.32. The van der Waals surface area contributed by atoms with E-state index < -0.39 is 12.0 Å². The number of aromatic amines is 1. The third-order valence-corrected chi connectivity index (χ3v) is 3.07. The highest BCUT2D eigenvalue weighted by atomic mass is 16.4. The number of nitrogens with one attached hydrogen (secondary N) is 1. The summed E-state index contributed by atoms with van der Waals surface area (Å²) in [6.45, 7) is 0. The number of carboxylic acids is 1. The number of nitrogens with zero attached hydrogens (tertiary/aromatic N) is 1. The molecule has 1 atom stereocenters. The molecule has 0 spiro atoms. The van der Waals surface area contributed by atoms with Gasteiger partial charge in [0.05, 0.1) is 12.0 Å². The summed E-state index contributed by atoms with van der Waals surface area (Å²) in [7, 11) is 0. The van der Waals surface area contributed by atoms with Crippen LogP contribution in [0.1, 0.15) is 5.69 Å². The predicted molar refractivity (Wildman–Crippen MR) is 86.3 cm³/mol. The molecule has 0 fully saturated rings. The van der Waals surface area contributed by atoms with Crippen molar-refractivity contribution in [2.45, 2.75) is 12.5 Å². The van der Waals surface area contributed by atoms with Crippen LogP contribution >= 0.6 is 0 Å². The summed E-state index contributed by atoms with van der Waals surface area (Å²) in [6, 6.07) is 13.3. The van der Waals surface area contributed by atoms with Crippen LogP contribution in [0.3, 0.4) is 0 Å². The van der Waals surface area contributed by atoms with Crippen molar-refractivity contribution >= 4 is 22.4 Å². The molecule has 1 heterocycles.